The SMILES string of the molecule is CCCC1CCc2c(cc(F)c(C#Cc3cc(C)c(C#Cc4ccc(N=C=S)c(F)c4)c(C)c3)c2F)C1. The summed E-state index contributed by atoms with van der Waals surface area (Å²) < 4.78 is 44.1. The number of benzene rings is 3. The Labute approximate surface area is 221 Å². The minimum absolute atomic E-state index is 0.114. The number of fused-ring (bicyclic) bond motifs is 1. The summed E-state index contributed by atoms with van der Waals surface area (Å²) in [6.07, 6.45) is 4.43. The van der Waals surface area contributed by atoms with Gasteiger partial charge in [0.1, 0.15) is 17.3 Å². The molecule has 3 aromatic rings. The van der Waals surface area contributed by atoms with Crippen molar-refractivity contribution in [2.45, 2.75) is 52.9 Å². The van der Waals surface area contributed by atoms with Crippen molar-refractivity contribution < 1.29 is 13.2 Å². The van der Waals surface area contributed by atoms with Crippen LogP contribution in [-0.2, 0) is 12.8 Å². The van der Waals surface area contributed by atoms with Gasteiger partial charge in [0, 0.05) is 16.7 Å². The smallest absolute Gasteiger partial charge is 0.150 e. The molecule has 0 saturated heterocycles. The molecule has 1 nitrogen and oxygen atoms in total. The molecule has 0 amide bonds. The van der Waals surface area contributed by atoms with E-state index in [0.717, 1.165) is 47.9 Å². The summed E-state index contributed by atoms with van der Waals surface area (Å²) in [5.41, 5.74) is 5.00. The molecule has 0 N–H and O–H groups in total. The summed E-state index contributed by atoms with van der Waals surface area (Å²) in [7, 11) is 0. The molecule has 1 atom stereocenters. The Hall–Kier alpha value is -3.63. The van der Waals surface area contributed by atoms with E-state index in [9.17, 15) is 8.78 Å². The highest BCUT2D eigenvalue weighted by molar-refractivity contribution is 7.78. The van der Waals surface area contributed by atoms with Crippen molar-refractivity contribution in [2.24, 2.45) is 10.9 Å². The topological polar surface area (TPSA) is 12.4 Å². The fraction of sp³-hybridized carbons (Fsp3) is 0.281. The molecule has 0 fully saturated rings. The molecule has 1 aliphatic carbocycles. The molecule has 0 aliphatic heterocycles. The van der Waals surface area contributed by atoms with Crippen molar-refractivity contribution in [2.75, 3.05) is 0 Å². The molecule has 4 rings (SSSR count). The minimum atomic E-state index is -0.605. The van der Waals surface area contributed by atoms with Gasteiger partial charge in [-0.3, -0.25) is 0 Å². The van der Waals surface area contributed by atoms with Crippen LogP contribution in [0.5, 0.6) is 0 Å². The first-order valence-electron chi connectivity index (χ1n) is 12.3. The summed E-state index contributed by atoms with van der Waals surface area (Å²) in [6, 6.07) is 9.61. The normalized spacial score (nSPS) is 13.9. The van der Waals surface area contributed by atoms with Crippen LogP contribution in [0, 0.1) is 60.9 Å². The molecule has 0 radical (unpaired) electrons. The number of thiocarbonyl (C=S) groups is 1. The Bertz CT molecular complexity index is 1520. The van der Waals surface area contributed by atoms with E-state index in [0.29, 0.717) is 29.0 Å². The number of hydrogen-bond donors (Lipinski definition) is 0. The molecule has 0 heterocycles. The molecule has 5 heteroatoms. The molecule has 186 valence electrons. The van der Waals surface area contributed by atoms with Crippen LogP contribution in [0.3, 0.4) is 0 Å². The van der Waals surface area contributed by atoms with E-state index in [1.807, 2.05) is 26.0 Å². The van der Waals surface area contributed by atoms with Crippen molar-refractivity contribution in [3.63, 3.8) is 0 Å². The van der Waals surface area contributed by atoms with Gasteiger partial charge in [0.2, 0.25) is 0 Å². The number of aliphatic imine (C=N–C) groups is 1. The zero-order chi connectivity index (χ0) is 26.5. The average molecular weight is 514 g/mol. The fourth-order valence-electron chi connectivity index (χ4n) is 4.92. The van der Waals surface area contributed by atoms with Crippen molar-refractivity contribution in [3.8, 4) is 23.7 Å². The molecule has 0 spiro atoms. The van der Waals surface area contributed by atoms with Crippen LogP contribution in [-0.4, -0.2) is 5.16 Å². The van der Waals surface area contributed by atoms with Gasteiger partial charge in [0.15, 0.2) is 5.82 Å². The first-order valence-corrected chi connectivity index (χ1v) is 12.7. The summed E-state index contributed by atoms with van der Waals surface area (Å²) in [4.78, 5) is 3.67. The first kappa shape index (κ1) is 26.4. The third-order valence-electron chi connectivity index (χ3n) is 6.73. The van der Waals surface area contributed by atoms with Gasteiger partial charge in [-0.25, -0.2) is 13.2 Å². The summed E-state index contributed by atoms with van der Waals surface area (Å²) in [6.45, 7) is 5.93. The molecule has 0 bridgehead atoms. The van der Waals surface area contributed by atoms with Gasteiger partial charge in [-0.05, 0) is 110 Å². The van der Waals surface area contributed by atoms with Crippen molar-refractivity contribution >= 4 is 23.1 Å². The van der Waals surface area contributed by atoms with E-state index in [1.165, 1.54) is 18.2 Å². The Morgan fingerprint density at radius 2 is 1.59 bits per heavy atom. The number of halogens is 3. The van der Waals surface area contributed by atoms with E-state index < -0.39 is 17.5 Å². The zero-order valence-electron chi connectivity index (χ0n) is 21.1. The Morgan fingerprint density at radius 3 is 2.27 bits per heavy atom. The van der Waals surface area contributed by atoms with Gasteiger partial charge >= 0.3 is 0 Å². The van der Waals surface area contributed by atoms with Crippen LogP contribution in [0.4, 0.5) is 18.9 Å². The second kappa shape index (κ2) is 11.6. The lowest BCUT2D eigenvalue weighted by molar-refractivity contribution is 0.411. The molecule has 37 heavy (non-hydrogen) atoms. The van der Waals surface area contributed by atoms with E-state index in [2.05, 4.69) is 53.0 Å². The maximum absolute atomic E-state index is 15.2. The third kappa shape index (κ3) is 6.03. The van der Waals surface area contributed by atoms with E-state index >= 15 is 4.39 Å². The van der Waals surface area contributed by atoms with Crippen molar-refractivity contribution in [1.82, 2.24) is 0 Å². The maximum Gasteiger partial charge on any atom is 0.150 e. The summed E-state index contributed by atoms with van der Waals surface area (Å²) in [5, 5.41) is 2.15. The zero-order valence-corrected chi connectivity index (χ0v) is 21.9. The molecule has 0 saturated carbocycles. The molecule has 1 aliphatic rings. The highest BCUT2D eigenvalue weighted by atomic mass is 32.1. The van der Waals surface area contributed by atoms with Gasteiger partial charge in [-0.2, -0.15) is 4.99 Å². The van der Waals surface area contributed by atoms with E-state index in [4.69, 9.17) is 0 Å². The van der Waals surface area contributed by atoms with Crippen LogP contribution in [0.2, 0.25) is 0 Å². The van der Waals surface area contributed by atoms with Gasteiger partial charge in [-0.15, -0.1) is 0 Å². The van der Waals surface area contributed by atoms with Crippen LogP contribution in [0.25, 0.3) is 0 Å². The third-order valence-corrected chi connectivity index (χ3v) is 6.82. The molecule has 3 aromatic carbocycles. The fourth-order valence-corrected chi connectivity index (χ4v) is 5.02. The molecular formula is C32H26F3NS. The van der Waals surface area contributed by atoms with Crippen LogP contribution >= 0.6 is 12.2 Å². The van der Waals surface area contributed by atoms with Crippen LogP contribution < -0.4 is 0 Å². The highest BCUT2D eigenvalue weighted by Gasteiger charge is 2.24. The van der Waals surface area contributed by atoms with Gasteiger partial charge < -0.3 is 0 Å². The van der Waals surface area contributed by atoms with Crippen molar-refractivity contribution in [1.29, 1.82) is 0 Å². The lowest BCUT2D eigenvalue weighted by Gasteiger charge is -2.25. The lowest BCUT2D eigenvalue weighted by atomic mass is 9.81. The Balaban J connectivity index is 1.60. The predicted octanol–water partition coefficient (Wildman–Crippen LogP) is 8.16. The highest BCUT2D eigenvalue weighted by Crippen LogP contribution is 2.32. The number of nitrogens with zero attached hydrogens (tertiary/aromatic N) is 1. The van der Waals surface area contributed by atoms with Crippen LogP contribution in [0.15, 0.2) is 41.4 Å². The van der Waals surface area contributed by atoms with E-state index in [-0.39, 0.29) is 11.3 Å². The number of hydrogen-bond acceptors (Lipinski definition) is 2. The monoisotopic (exact) mass is 513 g/mol. The Morgan fingerprint density at radius 1 is 0.892 bits per heavy atom. The number of isothiocyanates is 1. The Kier molecular flexibility index (Phi) is 8.30. The summed E-state index contributed by atoms with van der Waals surface area (Å²) in [5.74, 6) is 10.6. The van der Waals surface area contributed by atoms with E-state index in [1.54, 1.807) is 6.07 Å². The first-order chi connectivity index (χ1) is 17.8. The quantitative estimate of drug-likeness (QED) is 0.196. The summed E-state index contributed by atoms with van der Waals surface area (Å²) >= 11 is 4.52. The second-order valence-corrected chi connectivity index (χ2v) is 9.62. The average Bonchev–Trinajstić information content (AvgIpc) is 2.85. The second-order valence-electron chi connectivity index (χ2n) is 9.44. The standard InChI is InChI=1S/C32H26F3NS/c1-4-5-22-7-11-27-25(16-22)18-29(33)28(32(27)35)12-8-24-14-20(2)26(21(3)15-24)10-6-23-9-13-31(36-19-37)30(34)17-23/h9,13-15,17-18,22H,4-5,7,11,16H2,1-3H3. The largest absolute Gasteiger partial charge is 0.206 e. The van der Waals surface area contributed by atoms with Gasteiger partial charge in [0.05, 0.1) is 10.7 Å². The molecular weight excluding hydrogens is 487 g/mol. The maximum atomic E-state index is 15.2. The molecule has 0 aromatic heterocycles. The number of rotatable bonds is 3. The predicted molar refractivity (Wildman–Crippen MR) is 146 cm³/mol. The van der Waals surface area contributed by atoms with Gasteiger partial charge in [-0.1, -0.05) is 43.4 Å². The lowest BCUT2D eigenvalue weighted by Crippen LogP contribution is -2.17. The molecule has 1 unspecified atom stereocenters. The minimum Gasteiger partial charge on any atom is -0.206 e. The van der Waals surface area contributed by atoms with Gasteiger partial charge in [0.25, 0.3) is 0 Å². The number of aryl methyl sites for hydroxylation is 2. The van der Waals surface area contributed by atoms with Crippen LogP contribution in [0.1, 0.15) is 70.7 Å². The van der Waals surface area contributed by atoms with Crippen molar-refractivity contribution in [3.05, 3.63) is 98.4 Å².